The van der Waals surface area contributed by atoms with Gasteiger partial charge in [0, 0.05) is 5.56 Å². The lowest BCUT2D eigenvalue weighted by atomic mass is 10.0. The van der Waals surface area contributed by atoms with Crippen molar-refractivity contribution in [1.29, 1.82) is 0 Å². The van der Waals surface area contributed by atoms with Gasteiger partial charge in [0.25, 0.3) is 11.8 Å². The van der Waals surface area contributed by atoms with Gasteiger partial charge in [-0.25, -0.2) is 13.8 Å². The molecule has 4 N–H and O–H groups in total. The van der Waals surface area contributed by atoms with E-state index in [0.29, 0.717) is 0 Å². The lowest BCUT2D eigenvalue weighted by Crippen LogP contribution is -2.15. The number of aromatic hydroxyl groups is 1. The van der Waals surface area contributed by atoms with Crippen molar-refractivity contribution in [2.24, 2.45) is 5.73 Å². The SMILES string of the molecule is NC(=O)c1nc(-c2cc(O)c(C(=O)Nc3c(F)cccc3Cl)cc2F)ccc1Cl. The summed E-state index contributed by atoms with van der Waals surface area (Å²) in [5.41, 5.74) is 3.87. The second kappa shape index (κ2) is 8.02. The van der Waals surface area contributed by atoms with Crippen molar-refractivity contribution in [1.82, 2.24) is 4.98 Å². The summed E-state index contributed by atoms with van der Waals surface area (Å²) in [5.74, 6) is -4.24. The number of aromatic nitrogens is 1. The number of benzene rings is 2. The number of phenols is 1. The molecule has 29 heavy (non-hydrogen) atoms. The van der Waals surface area contributed by atoms with Gasteiger partial charge < -0.3 is 16.2 Å². The molecule has 0 aliphatic carbocycles. The van der Waals surface area contributed by atoms with Crippen LogP contribution in [0.2, 0.25) is 10.0 Å². The molecule has 0 aliphatic rings. The molecule has 1 aromatic heterocycles. The fourth-order valence-electron chi connectivity index (χ4n) is 2.50. The third-order valence-corrected chi connectivity index (χ3v) is 4.51. The fraction of sp³-hybridized carbons (Fsp3) is 0. The highest BCUT2D eigenvalue weighted by Crippen LogP contribution is 2.31. The molecule has 0 atom stereocenters. The second-order valence-electron chi connectivity index (χ2n) is 5.79. The molecule has 0 saturated heterocycles. The van der Waals surface area contributed by atoms with Gasteiger partial charge >= 0.3 is 0 Å². The molecule has 0 saturated carbocycles. The summed E-state index contributed by atoms with van der Waals surface area (Å²) in [7, 11) is 0. The Morgan fingerprint density at radius 3 is 2.41 bits per heavy atom. The van der Waals surface area contributed by atoms with E-state index in [1.165, 1.54) is 24.3 Å². The Balaban J connectivity index is 1.99. The van der Waals surface area contributed by atoms with E-state index >= 15 is 0 Å². The predicted octanol–water partition coefficient (Wildman–Crippen LogP) is 4.39. The van der Waals surface area contributed by atoms with Crippen molar-refractivity contribution < 1.29 is 23.5 Å². The van der Waals surface area contributed by atoms with Gasteiger partial charge in [-0.1, -0.05) is 29.3 Å². The van der Waals surface area contributed by atoms with Crippen LogP contribution in [0.4, 0.5) is 14.5 Å². The van der Waals surface area contributed by atoms with Gasteiger partial charge in [0.2, 0.25) is 0 Å². The number of hydrogen-bond donors (Lipinski definition) is 3. The molecule has 1 heterocycles. The molecule has 0 radical (unpaired) electrons. The normalized spacial score (nSPS) is 10.6. The summed E-state index contributed by atoms with van der Waals surface area (Å²) in [5, 5.41) is 12.3. The molecule has 2 amide bonds. The minimum absolute atomic E-state index is 0.0244. The van der Waals surface area contributed by atoms with Crippen LogP contribution in [0.3, 0.4) is 0 Å². The molecule has 10 heteroatoms. The standard InChI is InChI=1S/C19H11Cl2F2N3O3/c20-10-2-1-3-12(22)16(10)26-19(29)9-6-13(23)8(7-15(9)27)14-5-4-11(21)17(25-14)18(24)28/h1-7,27H,(H2,24,28)(H,26,29). The number of para-hydroxylation sites is 1. The summed E-state index contributed by atoms with van der Waals surface area (Å²) < 4.78 is 28.5. The van der Waals surface area contributed by atoms with E-state index in [1.807, 2.05) is 0 Å². The van der Waals surface area contributed by atoms with Gasteiger partial charge in [0.15, 0.2) is 0 Å². The average Bonchev–Trinajstić information content (AvgIpc) is 2.66. The topological polar surface area (TPSA) is 105 Å². The van der Waals surface area contributed by atoms with Gasteiger partial charge in [0.05, 0.1) is 27.0 Å². The largest absolute Gasteiger partial charge is 0.507 e. The van der Waals surface area contributed by atoms with Gasteiger partial charge in [-0.3, -0.25) is 9.59 Å². The number of phenolic OH excluding ortho intramolecular Hbond substituents is 1. The van der Waals surface area contributed by atoms with Crippen molar-refractivity contribution >= 4 is 40.7 Å². The van der Waals surface area contributed by atoms with Crippen LogP contribution >= 0.6 is 23.2 Å². The molecule has 3 rings (SSSR count). The molecule has 0 bridgehead atoms. The van der Waals surface area contributed by atoms with E-state index in [0.717, 1.165) is 18.2 Å². The number of amides is 2. The van der Waals surface area contributed by atoms with Crippen LogP contribution in [0.1, 0.15) is 20.8 Å². The highest BCUT2D eigenvalue weighted by molar-refractivity contribution is 6.34. The zero-order valence-electron chi connectivity index (χ0n) is 14.3. The quantitative estimate of drug-likeness (QED) is 0.562. The second-order valence-corrected chi connectivity index (χ2v) is 6.61. The smallest absolute Gasteiger partial charge is 0.268 e. The zero-order valence-corrected chi connectivity index (χ0v) is 15.9. The molecule has 0 fully saturated rings. The van der Waals surface area contributed by atoms with Crippen LogP contribution in [-0.2, 0) is 0 Å². The minimum atomic E-state index is -0.984. The van der Waals surface area contributed by atoms with Crippen molar-refractivity contribution in [3.8, 4) is 17.0 Å². The number of nitrogens with zero attached hydrogens (tertiary/aromatic N) is 1. The van der Waals surface area contributed by atoms with E-state index < -0.39 is 34.8 Å². The third-order valence-electron chi connectivity index (χ3n) is 3.89. The van der Waals surface area contributed by atoms with Gasteiger partial charge in [0.1, 0.15) is 23.1 Å². The zero-order chi connectivity index (χ0) is 21.3. The Morgan fingerprint density at radius 2 is 1.76 bits per heavy atom. The maximum absolute atomic E-state index is 14.6. The lowest BCUT2D eigenvalue weighted by molar-refractivity contribution is 0.0993. The van der Waals surface area contributed by atoms with E-state index in [9.17, 15) is 23.5 Å². The molecule has 6 nitrogen and oxygen atoms in total. The first kappa shape index (κ1) is 20.5. The van der Waals surface area contributed by atoms with Crippen LogP contribution in [0.15, 0.2) is 42.5 Å². The molecule has 0 spiro atoms. The average molecular weight is 438 g/mol. The molecular formula is C19H11Cl2F2N3O3. The van der Waals surface area contributed by atoms with Crippen LogP contribution < -0.4 is 11.1 Å². The third kappa shape index (κ3) is 4.13. The maximum Gasteiger partial charge on any atom is 0.268 e. The van der Waals surface area contributed by atoms with Crippen LogP contribution in [-0.4, -0.2) is 21.9 Å². The Morgan fingerprint density at radius 1 is 1.03 bits per heavy atom. The van der Waals surface area contributed by atoms with E-state index in [1.54, 1.807) is 0 Å². The van der Waals surface area contributed by atoms with Gasteiger partial charge in [-0.2, -0.15) is 0 Å². The Bertz CT molecular complexity index is 1140. The number of hydrogen-bond acceptors (Lipinski definition) is 4. The summed E-state index contributed by atoms with van der Waals surface area (Å²) in [4.78, 5) is 27.6. The van der Waals surface area contributed by atoms with Crippen molar-refractivity contribution in [2.45, 2.75) is 0 Å². The van der Waals surface area contributed by atoms with Crippen LogP contribution in [0.5, 0.6) is 5.75 Å². The maximum atomic E-state index is 14.6. The molecule has 0 unspecified atom stereocenters. The van der Waals surface area contributed by atoms with Crippen LogP contribution in [0, 0.1) is 11.6 Å². The van der Waals surface area contributed by atoms with Crippen molar-refractivity contribution in [3.05, 3.63) is 75.4 Å². The predicted molar refractivity (Wildman–Crippen MR) is 104 cm³/mol. The first-order chi connectivity index (χ1) is 13.7. The van der Waals surface area contributed by atoms with Gasteiger partial charge in [-0.15, -0.1) is 0 Å². The number of nitrogens with one attached hydrogen (secondary N) is 1. The molecule has 148 valence electrons. The first-order valence-electron chi connectivity index (χ1n) is 7.93. The monoisotopic (exact) mass is 437 g/mol. The number of halogens is 4. The molecule has 3 aromatic rings. The van der Waals surface area contributed by atoms with E-state index in [2.05, 4.69) is 10.3 Å². The van der Waals surface area contributed by atoms with Gasteiger partial charge in [-0.05, 0) is 36.4 Å². The summed E-state index contributed by atoms with van der Waals surface area (Å²) in [6.45, 7) is 0. The number of primary amides is 1. The summed E-state index contributed by atoms with van der Waals surface area (Å²) >= 11 is 11.7. The van der Waals surface area contributed by atoms with E-state index in [-0.39, 0.29) is 32.7 Å². The Hall–Kier alpha value is -3.23. The van der Waals surface area contributed by atoms with Crippen molar-refractivity contribution in [3.63, 3.8) is 0 Å². The number of rotatable bonds is 4. The number of carbonyl (C=O) groups excluding carboxylic acids is 2. The number of pyridine rings is 1. The molecule has 0 aliphatic heterocycles. The number of nitrogens with two attached hydrogens (primary N) is 1. The van der Waals surface area contributed by atoms with E-state index in [4.69, 9.17) is 28.9 Å². The Labute approximate surface area is 172 Å². The highest BCUT2D eigenvalue weighted by atomic mass is 35.5. The fourth-order valence-corrected chi connectivity index (χ4v) is 2.91. The number of anilines is 1. The van der Waals surface area contributed by atoms with Crippen LogP contribution in [0.25, 0.3) is 11.3 Å². The van der Waals surface area contributed by atoms with Crippen molar-refractivity contribution in [2.75, 3.05) is 5.32 Å². The first-order valence-corrected chi connectivity index (χ1v) is 8.69. The molecule has 2 aromatic carbocycles. The Kier molecular flexibility index (Phi) is 5.67. The summed E-state index contributed by atoms with van der Waals surface area (Å²) in [6.07, 6.45) is 0. The molecular weight excluding hydrogens is 427 g/mol. The minimum Gasteiger partial charge on any atom is -0.507 e. The highest BCUT2D eigenvalue weighted by Gasteiger charge is 2.20. The summed E-state index contributed by atoms with van der Waals surface area (Å²) in [6, 6.07) is 8.06. The lowest BCUT2D eigenvalue weighted by Gasteiger charge is -2.12. The number of carbonyl (C=O) groups is 2.